The molecule has 1 atom stereocenters. The zero-order valence-electron chi connectivity index (χ0n) is 23.9. The van der Waals surface area contributed by atoms with Crippen molar-refractivity contribution < 1.29 is 62.3 Å². The van der Waals surface area contributed by atoms with Gasteiger partial charge in [-0.15, -0.1) is 0 Å². The van der Waals surface area contributed by atoms with E-state index in [1.807, 2.05) is 6.92 Å². The Morgan fingerprint density at radius 1 is 0.562 bits per heavy atom. The Bertz CT molecular complexity index is 366. The summed E-state index contributed by atoms with van der Waals surface area (Å²) >= 11 is 0. The van der Waals surface area contributed by atoms with Gasteiger partial charge in [0, 0.05) is 6.92 Å². The van der Waals surface area contributed by atoms with Crippen molar-refractivity contribution in [2.24, 2.45) is 0 Å². The predicted molar refractivity (Wildman–Crippen MR) is 139 cm³/mol. The maximum absolute atomic E-state index is 10.9. The Balaban J connectivity index is -0.00000450. The molecule has 0 heterocycles. The van der Waals surface area contributed by atoms with Gasteiger partial charge in [-0.3, -0.25) is 4.79 Å². The minimum absolute atomic E-state index is 0. The number of ether oxygens (including phenoxy) is 1. The normalized spacial score (nSPS) is 11.8. The second kappa shape index (κ2) is 30.1. The first-order chi connectivity index (χ1) is 15.2. The molecule has 0 aliphatic heterocycles. The molecule has 0 rings (SSSR count). The van der Waals surface area contributed by atoms with Crippen molar-refractivity contribution in [3.05, 3.63) is 0 Å². The molecule has 0 aromatic heterocycles. The Hall–Kier alpha value is 1.11. The summed E-state index contributed by atoms with van der Waals surface area (Å²) in [7, 11) is 0. The van der Waals surface area contributed by atoms with Gasteiger partial charge < -0.3 is 6.16 Å². The van der Waals surface area contributed by atoms with Gasteiger partial charge in [-0.25, -0.2) is 0 Å². The SMILES string of the molecule is CCCCCCCCCCCCCCCCCCCCCCCCCC(C)OC(C)=O.[H-].[K+]. The number of hydrogen-bond acceptors (Lipinski definition) is 2. The summed E-state index contributed by atoms with van der Waals surface area (Å²) in [4.78, 5) is 10.9. The van der Waals surface area contributed by atoms with Gasteiger partial charge in [-0.05, 0) is 19.8 Å². The van der Waals surface area contributed by atoms with Crippen molar-refractivity contribution in [3.63, 3.8) is 0 Å². The summed E-state index contributed by atoms with van der Waals surface area (Å²) in [5, 5.41) is 0. The molecule has 2 nitrogen and oxygen atoms in total. The second-order valence-corrected chi connectivity index (χ2v) is 9.99. The summed E-state index contributed by atoms with van der Waals surface area (Å²) in [6.45, 7) is 5.79. The van der Waals surface area contributed by atoms with Crippen molar-refractivity contribution in [1.29, 1.82) is 0 Å². The van der Waals surface area contributed by atoms with Crippen LogP contribution in [-0.2, 0) is 9.53 Å². The van der Waals surface area contributed by atoms with Crippen LogP contribution in [-0.4, -0.2) is 12.1 Å². The van der Waals surface area contributed by atoms with E-state index in [-0.39, 0.29) is 64.9 Å². The molecular formula is C29H59KO2. The second-order valence-electron chi connectivity index (χ2n) is 9.99. The fraction of sp³-hybridized carbons (Fsp3) is 0.966. The third-order valence-electron chi connectivity index (χ3n) is 6.58. The summed E-state index contributed by atoms with van der Waals surface area (Å²) in [6, 6.07) is 0. The van der Waals surface area contributed by atoms with E-state index in [0.717, 1.165) is 6.42 Å². The van der Waals surface area contributed by atoms with Gasteiger partial charge in [-0.2, -0.15) is 0 Å². The molecule has 0 saturated carbocycles. The van der Waals surface area contributed by atoms with Crippen LogP contribution in [0.2, 0.25) is 0 Å². The molecule has 0 N–H and O–H groups in total. The maximum Gasteiger partial charge on any atom is 1.00 e. The van der Waals surface area contributed by atoms with Crippen LogP contribution in [0.25, 0.3) is 0 Å². The van der Waals surface area contributed by atoms with Crippen LogP contribution in [0.15, 0.2) is 0 Å². The summed E-state index contributed by atoms with van der Waals surface area (Å²) in [5.74, 6) is -0.151. The standard InChI is InChI=1S/C29H58O2.K.H/c1-4-5-6-7-8-9-10-11-12-13-14-15-16-17-18-19-20-21-22-23-24-25-26-27-28(2)31-29(3)30;;/h28H,4-27H2,1-3H3;;/q;+1;-1. The van der Waals surface area contributed by atoms with Gasteiger partial charge >= 0.3 is 57.4 Å². The third-order valence-corrected chi connectivity index (χ3v) is 6.58. The van der Waals surface area contributed by atoms with Gasteiger partial charge in [0.25, 0.3) is 0 Å². The molecule has 0 bridgehead atoms. The molecule has 0 aliphatic carbocycles. The monoisotopic (exact) mass is 478 g/mol. The number of unbranched alkanes of at least 4 members (excludes halogenated alkanes) is 22. The molecule has 32 heavy (non-hydrogen) atoms. The van der Waals surface area contributed by atoms with Gasteiger partial charge in [0.05, 0.1) is 6.10 Å². The molecule has 0 saturated heterocycles. The first-order valence-electron chi connectivity index (χ1n) is 14.3. The van der Waals surface area contributed by atoms with Crippen LogP contribution >= 0.6 is 0 Å². The Labute approximate surface area is 247 Å². The van der Waals surface area contributed by atoms with Crippen LogP contribution < -0.4 is 51.4 Å². The number of carbonyl (C=O) groups excluding carboxylic acids is 1. The fourth-order valence-corrected chi connectivity index (χ4v) is 4.56. The molecule has 0 aromatic rings. The van der Waals surface area contributed by atoms with Gasteiger partial charge in [0.2, 0.25) is 0 Å². The van der Waals surface area contributed by atoms with E-state index in [1.54, 1.807) is 0 Å². The van der Waals surface area contributed by atoms with E-state index in [2.05, 4.69) is 6.92 Å². The minimum Gasteiger partial charge on any atom is -1.00 e. The number of rotatable bonds is 25. The molecule has 0 amide bonds. The number of hydrogen-bond donors (Lipinski definition) is 0. The summed E-state index contributed by atoms with van der Waals surface area (Å²) in [5.41, 5.74) is 0. The fourth-order valence-electron chi connectivity index (χ4n) is 4.56. The average molecular weight is 479 g/mol. The molecule has 1 unspecified atom stereocenters. The van der Waals surface area contributed by atoms with Crippen LogP contribution in [0.1, 0.15) is 176 Å². The van der Waals surface area contributed by atoms with E-state index in [9.17, 15) is 4.79 Å². The molecule has 0 spiro atoms. The van der Waals surface area contributed by atoms with Gasteiger partial charge in [0.1, 0.15) is 0 Å². The molecule has 188 valence electrons. The maximum atomic E-state index is 10.9. The predicted octanol–water partition coefficient (Wildman–Crippen LogP) is 7.44. The first kappa shape index (κ1) is 35.3. The largest absolute Gasteiger partial charge is 1.00 e. The van der Waals surface area contributed by atoms with Gasteiger partial charge in [0.15, 0.2) is 0 Å². The molecule has 0 aromatic carbocycles. The average Bonchev–Trinajstić information content (AvgIpc) is 2.73. The van der Waals surface area contributed by atoms with Crippen LogP contribution in [0.3, 0.4) is 0 Å². The molecule has 0 aliphatic rings. The minimum atomic E-state index is -0.151. The van der Waals surface area contributed by atoms with Crippen molar-refractivity contribution in [2.75, 3.05) is 0 Å². The third kappa shape index (κ3) is 31.1. The summed E-state index contributed by atoms with van der Waals surface area (Å²) < 4.78 is 5.16. The number of esters is 1. The first-order valence-corrected chi connectivity index (χ1v) is 14.3. The van der Waals surface area contributed by atoms with Crippen LogP contribution in [0.5, 0.6) is 0 Å². The Morgan fingerprint density at radius 3 is 1.06 bits per heavy atom. The van der Waals surface area contributed by atoms with Crippen molar-refractivity contribution in [1.82, 2.24) is 0 Å². The van der Waals surface area contributed by atoms with Crippen LogP contribution in [0.4, 0.5) is 0 Å². The van der Waals surface area contributed by atoms with Crippen molar-refractivity contribution in [2.45, 2.75) is 181 Å². The van der Waals surface area contributed by atoms with Crippen molar-refractivity contribution in [3.8, 4) is 0 Å². The van der Waals surface area contributed by atoms with E-state index >= 15 is 0 Å². The zero-order chi connectivity index (χ0) is 22.8. The molecule has 0 fully saturated rings. The van der Waals surface area contributed by atoms with E-state index < -0.39 is 0 Å². The van der Waals surface area contributed by atoms with Crippen LogP contribution in [0, 0.1) is 0 Å². The Morgan fingerprint density at radius 2 is 0.812 bits per heavy atom. The van der Waals surface area contributed by atoms with Crippen molar-refractivity contribution >= 4 is 5.97 Å². The van der Waals surface area contributed by atoms with E-state index in [1.165, 1.54) is 155 Å². The molecule has 3 heteroatoms. The Kier molecular flexibility index (Phi) is 33.2. The molecular weight excluding hydrogens is 419 g/mol. The van der Waals surface area contributed by atoms with Gasteiger partial charge in [-0.1, -0.05) is 148 Å². The summed E-state index contributed by atoms with van der Waals surface area (Å²) in [6.07, 6.45) is 33.8. The quantitative estimate of drug-likeness (QED) is 0.0774. The van der Waals surface area contributed by atoms with E-state index in [4.69, 9.17) is 4.74 Å². The zero-order valence-corrected chi connectivity index (χ0v) is 26.0. The smallest absolute Gasteiger partial charge is 1.00 e. The topological polar surface area (TPSA) is 26.3 Å². The number of carbonyl (C=O) groups is 1. The molecule has 0 radical (unpaired) electrons. The van der Waals surface area contributed by atoms with E-state index in [0.29, 0.717) is 0 Å².